The molecule has 1 aliphatic rings. The fourth-order valence-corrected chi connectivity index (χ4v) is 1.22. The largest absolute Gasteiger partial charge is 0.307 e. The number of nitrogens with one attached hydrogen (secondary N) is 1. The van der Waals surface area contributed by atoms with Crippen molar-refractivity contribution in [2.45, 2.75) is 6.04 Å². The smallest absolute Gasteiger partial charge is 0.0448 e. The molecule has 0 amide bonds. The maximum absolute atomic E-state index is 5.79. The summed E-state index contributed by atoms with van der Waals surface area (Å²) in [5.41, 5.74) is 1.30. The van der Waals surface area contributed by atoms with Gasteiger partial charge in [0.15, 0.2) is 0 Å². The van der Waals surface area contributed by atoms with Crippen LogP contribution in [0.1, 0.15) is 11.6 Å². The molecule has 1 heterocycles. The minimum absolute atomic E-state index is 0.568. The first-order chi connectivity index (χ1) is 4.86. The Hall–Kier alpha value is -0.530. The van der Waals surface area contributed by atoms with Crippen LogP contribution in [0, 0.1) is 0 Å². The predicted molar refractivity (Wildman–Crippen MR) is 42.2 cm³/mol. The first-order valence-electron chi connectivity index (χ1n) is 3.35. The van der Waals surface area contributed by atoms with Crippen LogP contribution < -0.4 is 5.32 Å². The molecule has 0 unspecified atom stereocenters. The monoisotopic (exact) mass is 153 g/mol. The number of benzene rings is 1. The van der Waals surface area contributed by atoms with Crippen molar-refractivity contribution in [2.75, 3.05) is 6.54 Å². The molecule has 0 spiro atoms. The molecule has 1 saturated heterocycles. The Balaban J connectivity index is 2.32. The molecule has 1 aliphatic heterocycles. The van der Waals surface area contributed by atoms with Crippen LogP contribution in [0.25, 0.3) is 0 Å². The van der Waals surface area contributed by atoms with Gasteiger partial charge in [-0.1, -0.05) is 23.7 Å². The van der Waals surface area contributed by atoms with E-state index in [1.54, 1.807) is 0 Å². The second-order valence-electron chi connectivity index (χ2n) is 2.52. The summed E-state index contributed by atoms with van der Waals surface area (Å²) in [6, 6.07) is 8.55. The zero-order chi connectivity index (χ0) is 6.97. The van der Waals surface area contributed by atoms with Gasteiger partial charge >= 0.3 is 0 Å². The predicted octanol–water partition coefficient (Wildman–Crippen LogP) is 1.98. The van der Waals surface area contributed by atoms with Crippen LogP contribution in [-0.4, -0.2) is 6.54 Å². The minimum Gasteiger partial charge on any atom is -0.307 e. The van der Waals surface area contributed by atoms with Crippen LogP contribution in [0.2, 0.25) is 5.02 Å². The van der Waals surface area contributed by atoms with Crippen LogP contribution in [0.3, 0.4) is 0 Å². The normalized spacial score (nSPS) is 22.7. The molecule has 0 aliphatic carbocycles. The molecular formula is C8H8ClN. The van der Waals surface area contributed by atoms with Gasteiger partial charge < -0.3 is 5.32 Å². The van der Waals surface area contributed by atoms with E-state index in [9.17, 15) is 0 Å². The second kappa shape index (κ2) is 2.26. The van der Waals surface area contributed by atoms with E-state index in [-0.39, 0.29) is 0 Å². The zero-order valence-electron chi connectivity index (χ0n) is 5.47. The second-order valence-corrected chi connectivity index (χ2v) is 2.95. The van der Waals surface area contributed by atoms with Crippen LogP contribution >= 0.6 is 11.6 Å². The number of hydrogen-bond acceptors (Lipinski definition) is 1. The highest BCUT2D eigenvalue weighted by Crippen LogP contribution is 2.23. The topological polar surface area (TPSA) is 21.9 Å². The SMILES string of the molecule is Clc1cccc([C@H]2CN2)c1. The molecular weight excluding hydrogens is 146 g/mol. The molecule has 10 heavy (non-hydrogen) atoms. The molecule has 0 radical (unpaired) electrons. The van der Waals surface area contributed by atoms with Crippen molar-refractivity contribution in [3.63, 3.8) is 0 Å². The van der Waals surface area contributed by atoms with Crippen molar-refractivity contribution in [3.8, 4) is 0 Å². The van der Waals surface area contributed by atoms with Gasteiger partial charge in [0.05, 0.1) is 0 Å². The van der Waals surface area contributed by atoms with Crippen LogP contribution in [0.15, 0.2) is 24.3 Å². The van der Waals surface area contributed by atoms with E-state index in [0.29, 0.717) is 6.04 Å². The minimum atomic E-state index is 0.568. The first-order valence-corrected chi connectivity index (χ1v) is 3.73. The van der Waals surface area contributed by atoms with Crippen LogP contribution in [0.4, 0.5) is 0 Å². The van der Waals surface area contributed by atoms with Gasteiger partial charge in [0.2, 0.25) is 0 Å². The summed E-state index contributed by atoms with van der Waals surface area (Å²) in [6.07, 6.45) is 0. The van der Waals surface area contributed by atoms with Gasteiger partial charge in [-0.15, -0.1) is 0 Å². The zero-order valence-corrected chi connectivity index (χ0v) is 6.23. The molecule has 2 rings (SSSR count). The summed E-state index contributed by atoms with van der Waals surface area (Å²) in [5, 5.41) is 4.04. The molecule has 1 fully saturated rings. The molecule has 1 atom stereocenters. The van der Waals surface area contributed by atoms with Gasteiger partial charge in [0.25, 0.3) is 0 Å². The summed E-state index contributed by atoms with van der Waals surface area (Å²) >= 11 is 5.79. The van der Waals surface area contributed by atoms with E-state index in [1.807, 2.05) is 18.2 Å². The Morgan fingerprint density at radius 1 is 1.50 bits per heavy atom. The quantitative estimate of drug-likeness (QED) is 0.613. The van der Waals surface area contributed by atoms with Gasteiger partial charge in [0, 0.05) is 17.6 Å². The van der Waals surface area contributed by atoms with Crippen molar-refractivity contribution in [3.05, 3.63) is 34.9 Å². The van der Waals surface area contributed by atoms with Crippen molar-refractivity contribution >= 4 is 11.6 Å². The van der Waals surface area contributed by atoms with E-state index >= 15 is 0 Å². The Morgan fingerprint density at radius 2 is 2.30 bits per heavy atom. The molecule has 0 aromatic heterocycles. The van der Waals surface area contributed by atoms with Crippen molar-refractivity contribution in [2.24, 2.45) is 0 Å². The summed E-state index contributed by atoms with van der Waals surface area (Å²) in [7, 11) is 0. The van der Waals surface area contributed by atoms with Crippen molar-refractivity contribution in [1.82, 2.24) is 5.32 Å². The third-order valence-electron chi connectivity index (χ3n) is 1.66. The van der Waals surface area contributed by atoms with Gasteiger partial charge in [-0.2, -0.15) is 0 Å². The van der Waals surface area contributed by atoms with Crippen LogP contribution in [0.5, 0.6) is 0 Å². The number of halogens is 1. The van der Waals surface area contributed by atoms with Crippen LogP contribution in [-0.2, 0) is 0 Å². The highest BCUT2D eigenvalue weighted by molar-refractivity contribution is 6.30. The number of hydrogen-bond donors (Lipinski definition) is 1. The fraction of sp³-hybridized carbons (Fsp3) is 0.250. The standard InChI is InChI=1S/C8H8ClN/c9-7-3-1-2-6(4-7)8-5-10-8/h1-4,8,10H,5H2/t8-/m1/s1. The molecule has 2 heteroatoms. The molecule has 1 aromatic rings. The lowest BCUT2D eigenvalue weighted by atomic mass is 10.2. The van der Waals surface area contributed by atoms with Gasteiger partial charge in [-0.3, -0.25) is 0 Å². The van der Waals surface area contributed by atoms with E-state index in [1.165, 1.54) is 5.56 Å². The Kier molecular flexibility index (Phi) is 1.40. The Bertz CT molecular complexity index is 243. The van der Waals surface area contributed by atoms with Gasteiger partial charge in [-0.25, -0.2) is 0 Å². The molecule has 1 N–H and O–H groups in total. The summed E-state index contributed by atoms with van der Waals surface area (Å²) in [6.45, 7) is 1.10. The highest BCUT2D eigenvalue weighted by atomic mass is 35.5. The Labute approximate surface area is 65.0 Å². The average Bonchev–Trinajstić information content (AvgIpc) is 2.68. The summed E-state index contributed by atoms with van der Waals surface area (Å²) in [5.74, 6) is 0. The third kappa shape index (κ3) is 1.15. The summed E-state index contributed by atoms with van der Waals surface area (Å²) < 4.78 is 0. The van der Waals surface area contributed by atoms with E-state index in [0.717, 1.165) is 11.6 Å². The average molecular weight is 154 g/mol. The lowest BCUT2D eigenvalue weighted by Crippen LogP contribution is -1.81. The summed E-state index contributed by atoms with van der Waals surface area (Å²) in [4.78, 5) is 0. The Morgan fingerprint density at radius 3 is 2.90 bits per heavy atom. The lowest BCUT2D eigenvalue weighted by molar-refractivity contribution is 1.08. The first kappa shape index (κ1) is 6.20. The lowest BCUT2D eigenvalue weighted by Gasteiger charge is -1.94. The maximum atomic E-state index is 5.79. The molecule has 1 aromatic carbocycles. The van der Waals surface area contributed by atoms with E-state index < -0.39 is 0 Å². The molecule has 52 valence electrons. The van der Waals surface area contributed by atoms with Gasteiger partial charge in [0.1, 0.15) is 0 Å². The van der Waals surface area contributed by atoms with Crippen molar-refractivity contribution in [1.29, 1.82) is 0 Å². The highest BCUT2D eigenvalue weighted by Gasteiger charge is 2.21. The molecule has 0 saturated carbocycles. The van der Waals surface area contributed by atoms with E-state index in [2.05, 4.69) is 11.4 Å². The van der Waals surface area contributed by atoms with E-state index in [4.69, 9.17) is 11.6 Å². The molecule has 1 nitrogen and oxygen atoms in total. The molecule has 0 bridgehead atoms. The van der Waals surface area contributed by atoms with Gasteiger partial charge in [-0.05, 0) is 17.7 Å². The maximum Gasteiger partial charge on any atom is 0.0448 e. The third-order valence-corrected chi connectivity index (χ3v) is 1.89. The van der Waals surface area contributed by atoms with Crippen molar-refractivity contribution < 1.29 is 0 Å². The number of rotatable bonds is 1. The fourth-order valence-electron chi connectivity index (χ4n) is 1.02.